The fourth-order valence-electron chi connectivity index (χ4n) is 3.54. The minimum absolute atomic E-state index is 0.196. The van der Waals surface area contributed by atoms with Gasteiger partial charge in [0.05, 0.1) is 11.0 Å². The van der Waals surface area contributed by atoms with E-state index in [1.165, 1.54) is 0 Å². The third-order valence-electron chi connectivity index (χ3n) is 5.15. The van der Waals surface area contributed by atoms with E-state index in [0.29, 0.717) is 31.6 Å². The predicted octanol–water partition coefficient (Wildman–Crippen LogP) is 2.25. The molecule has 0 spiro atoms. The van der Waals surface area contributed by atoms with Crippen molar-refractivity contribution < 1.29 is 14.3 Å². The second kappa shape index (κ2) is 7.44. The zero-order valence-corrected chi connectivity index (χ0v) is 15.6. The Kier molecular flexibility index (Phi) is 4.83. The molecule has 1 aromatic heterocycles. The molecule has 2 amide bonds. The monoisotopic (exact) mass is 378 g/mol. The van der Waals surface area contributed by atoms with Gasteiger partial charge in [-0.05, 0) is 18.2 Å². The number of carbonyl (C=O) groups is 2. The number of amides is 2. The van der Waals surface area contributed by atoms with Gasteiger partial charge in [0.25, 0.3) is 5.91 Å². The van der Waals surface area contributed by atoms with E-state index < -0.39 is 5.54 Å². The summed E-state index contributed by atoms with van der Waals surface area (Å²) >= 11 is 0. The number of fused-ring (bicyclic) bond motifs is 1. The van der Waals surface area contributed by atoms with Crippen molar-refractivity contribution in [3.05, 3.63) is 54.1 Å². The molecule has 2 aromatic carbocycles. The number of aromatic nitrogens is 2. The molecule has 144 valence electrons. The first kappa shape index (κ1) is 18.2. The van der Waals surface area contributed by atoms with E-state index in [1.54, 1.807) is 19.2 Å². The van der Waals surface area contributed by atoms with Crippen LogP contribution in [0.3, 0.4) is 0 Å². The summed E-state index contributed by atoms with van der Waals surface area (Å²) in [6.07, 6.45) is 0.895. The second-order valence-electron chi connectivity index (χ2n) is 6.91. The first-order valence-electron chi connectivity index (χ1n) is 9.29. The van der Waals surface area contributed by atoms with Gasteiger partial charge in [-0.2, -0.15) is 0 Å². The van der Waals surface area contributed by atoms with Crippen molar-refractivity contribution in [3.8, 4) is 11.4 Å². The van der Waals surface area contributed by atoms with Crippen molar-refractivity contribution in [2.75, 3.05) is 20.3 Å². The number of H-pyrrole nitrogens is 1. The zero-order valence-electron chi connectivity index (χ0n) is 15.6. The minimum atomic E-state index is -0.942. The standard InChI is InChI=1S/C21H22N4O3/c1-22-20(27)21(9-11-28-12-10-21)25-19(26)15-7-8-16-17(13-15)24-18(23-16)14-5-3-2-4-6-14/h2-8,13H,9-12H2,1H3,(H,22,27)(H,23,24)(H,25,26). The van der Waals surface area contributed by atoms with Crippen molar-refractivity contribution in [1.82, 2.24) is 20.6 Å². The molecule has 2 heterocycles. The van der Waals surface area contributed by atoms with E-state index in [4.69, 9.17) is 4.74 Å². The maximum Gasteiger partial charge on any atom is 0.252 e. The summed E-state index contributed by atoms with van der Waals surface area (Å²) in [5, 5.41) is 5.60. The largest absolute Gasteiger partial charge is 0.381 e. The average Bonchev–Trinajstić information content (AvgIpc) is 3.18. The molecule has 7 heteroatoms. The summed E-state index contributed by atoms with van der Waals surface area (Å²) in [5.41, 5.74) is 2.06. The molecule has 0 bridgehead atoms. The molecule has 28 heavy (non-hydrogen) atoms. The van der Waals surface area contributed by atoms with Crippen molar-refractivity contribution in [3.63, 3.8) is 0 Å². The lowest BCUT2D eigenvalue weighted by atomic mass is 9.88. The number of aromatic amines is 1. The fraction of sp³-hybridized carbons (Fsp3) is 0.286. The third-order valence-corrected chi connectivity index (χ3v) is 5.15. The SMILES string of the molecule is CNC(=O)C1(NC(=O)c2ccc3nc(-c4ccccc4)[nH]c3c2)CCOCC1. The van der Waals surface area contributed by atoms with Crippen LogP contribution in [0.5, 0.6) is 0 Å². The Labute approximate surface area is 162 Å². The number of hydrogen-bond acceptors (Lipinski definition) is 4. The fourth-order valence-corrected chi connectivity index (χ4v) is 3.54. The van der Waals surface area contributed by atoms with Crippen LogP contribution in [0.25, 0.3) is 22.4 Å². The summed E-state index contributed by atoms with van der Waals surface area (Å²) in [6.45, 7) is 0.876. The maximum absolute atomic E-state index is 12.9. The topological polar surface area (TPSA) is 96.1 Å². The molecule has 0 saturated carbocycles. The van der Waals surface area contributed by atoms with Crippen LogP contribution in [0.4, 0.5) is 0 Å². The van der Waals surface area contributed by atoms with E-state index >= 15 is 0 Å². The van der Waals surface area contributed by atoms with E-state index in [2.05, 4.69) is 20.6 Å². The van der Waals surface area contributed by atoms with Gasteiger partial charge in [0, 0.05) is 44.2 Å². The Morgan fingerprint density at radius 2 is 1.86 bits per heavy atom. The quantitative estimate of drug-likeness (QED) is 0.649. The summed E-state index contributed by atoms with van der Waals surface area (Å²) in [7, 11) is 1.58. The highest BCUT2D eigenvalue weighted by atomic mass is 16.5. The molecule has 1 aliphatic rings. The van der Waals surface area contributed by atoms with Crippen LogP contribution in [0, 0.1) is 0 Å². The average molecular weight is 378 g/mol. The normalized spacial score (nSPS) is 15.9. The van der Waals surface area contributed by atoms with Crippen molar-refractivity contribution in [2.24, 2.45) is 0 Å². The summed E-state index contributed by atoms with van der Waals surface area (Å²) < 4.78 is 5.36. The molecule has 3 N–H and O–H groups in total. The number of hydrogen-bond donors (Lipinski definition) is 3. The first-order chi connectivity index (χ1) is 13.6. The van der Waals surface area contributed by atoms with E-state index in [1.807, 2.05) is 36.4 Å². The van der Waals surface area contributed by atoms with E-state index in [-0.39, 0.29) is 11.8 Å². The molecular formula is C21H22N4O3. The van der Waals surface area contributed by atoms with Gasteiger partial charge in [-0.3, -0.25) is 9.59 Å². The Morgan fingerprint density at radius 1 is 1.11 bits per heavy atom. The Hall–Kier alpha value is -3.19. The molecule has 0 aliphatic carbocycles. The lowest BCUT2D eigenvalue weighted by molar-refractivity contribution is -0.130. The minimum Gasteiger partial charge on any atom is -0.381 e. The Bertz CT molecular complexity index is 1010. The summed E-state index contributed by atoms with van der Waals surface area (Å²) in [4.78, 5) is 33.2. The number of nitrogens with zero attached hydrogens (tertiary/aromatic N) is 1. The Morgan fingerprint density at radius 3 is 2.57 bits per heavy atom. The highest BCUT2D eigenvalue weighted by Gasteiger charge is 2.41. The smallest absolute Gasteiger partial charge is 0.252 e. The van der Waals surface area contributed by atoms with Crippen molar-refractivity contribution in [1.29, 1.82) is 0 Å². The number of nitrogens with one attached hydrogen (secondary N) is 3. The molecule has 1 saturated heterocycles. The summed E-state index contributed by atoms with van der Waals surface area (Å²) in [6, 6.07) is 15.1. The van der Waals surface area contributed by atoms with E-state index in [0.717, 1.165) is 22.4 Å². The molecule has 7 nitrogen and oxygen atoms in total. The van der Waals surface area contributed by atoms with Gasteiger partial charge in [0.15, 0.2) is 0 Å². The van der Waals surface area contributed by atoms with Crippen LogP contribution in [-0.2, 0) is 9.53 Å². The van der Waals surface area contributed by atoms with Gasteiger partial charge >= 0.3 is 0 Å². The van der Waals surface area contributed by atoms with Crippen LogP contribution in [0.15, 0.2) is 48.5 Å². The third kappa shape index (κ3) is 3.36. The Balaban J connectivity index is 1.61. The lowest BCUT2D eigenvalue weighted by Crippen LogP contribution is -2.60. The van der Waals surface area contributed by atoms with E-state index in [9.17, 15) is 9.59 Å². The number of ether oxygens (including phenoxy) is 1. The molecule has 0 atom stereocenters. The molecular weight excluding hydrogens is 356 g/mol. The van der Waals surface area contributed by atoms with Gasteiger partial charge in [-0.1, -0.05) is 30.3 Å². The molecule has 1 aliphatic heterocycles. The molecule has 0 unspecified atom stereocenters. The van der Waals surface area contributed by atoms with Crippen molar-refractivity contribution >= 4 is 22.8 Å². The number of likely N-dealkylation sites (N-methyl/N-ethyl adjacent to an activating group) is 1. The highest BCUT2D eigenvalue weighted by molar-refractivity contribution is 6.01. The maximum atomic E-state index is 12.9. The summed E-state index contributed by atoms with van der Waals surface area (Å²) in [5.74, 6) is 0.265. The molecule has 4 rings (SSSR count). The van der Waals surface area contributed by atoms with Gasteiger partial charge in [0.2, 0.25) is 5.91 Å². The molecule has 3 aromatic rings. The van der Waals surface area contributed by atoms with Crippen molar-refractivity contribution in [2.45, 2.75) is 18.4 Å². The molecule has 1 fully saturated rings. The van der Waals surface area contributed by atoms with Crippen LogP contribution in [0.2, 0.25) is 0 Å². The number of benzene rings is 2. The van der Waals surface area contributed by atoms with Gasteiger partial charge in [-0.25, -0.2) is 4.98 Å². The number of rotatable bonds is 4. The highest BCUT2D eigenvalue weighted by Crippen LogP contribution is 2.24. The lowest BCUT2D eigenvalue weighted by Gasteiger charge is -2.36. The second-order valence-corrected chi connectivity index (χ2v) is 6.91. The van der Waals surface area contributed by atoms with Crippen LogP contribution in [-0.4, -0.2) is 47.6 Å². The predicted molar refractivity (Wildman–Crippen MR) is 106 cm³/mol. The van der Waals surface area contributed by atoms with Crippen LogP contribution >= 0.6 is 0 Å². The number of carbonyl (C=O) groups excluding carboxylic acids is 2. The first-order valence-corrected chi connectivity index (χ1v) is 9.29. The van der Waals surface area contributed by atoms with Crippen LogP contribution in [0.1, 0.15) is 23.2 Å². The molecule has 0 radical (unpaired) electrons. The van der Waals surface area contributed by atoms with Gasteiger partial charge in [-0.15, -0.1) is 0 Å². The zero-order chi connectivity index (χ0) is 19.6. The van der Waals surface area contributed by atoms with Gasteiger partial charge < -0.3 is 20.4 Å². The number of imidazole rings is 1. The van der Waals surface area contributed by atoms with Crippen LogP contribution < -0.4 is 10.6 Å². The van der Waals surface area contributed by atoms with Gasteiger partial charge in [0.1, 0.15) is 11.4 Å².